The average Bonchev–Trinajstić information content (AvgIpc) is 2.99. The minimum absolute atomic E-state index is 0.334. The Bertz CT molecular complexity index is 692. The molecule has 2 aromatic carbocycles. The summed E-state index contributed by atoms with van der Waals surface area (Å²) in [6.45, 7) is -0.513. The van der Waals surface area contributed by atoms with Crippen LogP contribution < -0.4 is 3.58 Å². The van der Waals surface area contributed by atoms with Crippen LogP contribution in [-0.4, -0.2) is 37.0 Å². The Morgan fingerprint density at radius 3 is 2.22 bits per heavy atom. The quantitative estimate of drug-likeness (QED) is 0.686. The Balaban J connectivity index is 1.84. The van der Waals surface area contributed by atoms with Gasteiger partial charge in [0.25, 0.3) is 0 Å². The molecule has 4 heteroatoms. The van der Waals surface area contributed by atoms with E-state index in [0.29, 0.717) is 5.90 Å². The van der Waals surface area contributed by atoms with Gasteiger partial charge in [0.05, 0.1) is 0 Å². The van der Waals surface area contributed by atoms with E-state index in [1.807, 2.05) is 30.3 Å². The van der Waals surface area contributed by atoms with Crippen molar-refractivity contribution in [2.75, 3.05) is 6.67 Å². The number of halogens is 1. The number of nitrogens with zero attached hydrogens (tertiary/aromatic N) is 1. The van der Waals surface area contributed by atoms with Gasteiger partial charge in [0.1, 0.15) is 0 Å². The predicted octanol–water partition coefficient (Wildman–Crippen LogP) is 4.09. The van der Waals surface area contributed by atoms with Crippen molar-refractivity contribution >= 4 is 27.9 Å². The molecule has 0 saturated carbocycles. The van der Waals surface area contributed by atoms with Crippen molar-refractivity contribution in [2.24, 2.45) is 4.99 Å². The zero-order valence-corrected chi connectivity index (χ0v) is 16.6. The molecule has 120 valence electrons. The standard InChI is InChI=1S/C16H13FNO.3CH3.Sn/c17-11-14-15(12-7-3-1-4-8-12)19-16(18-14)13-9-5-2-6-10-13;;;;/h2-10,14-15H,11H2;3*1H3;. The Morgan fingerprint density at radius 1 is 1.00 bits per heavy atom. The number of benzene rings is 2. The molecule has 1 heterocycles. The molecule has 0 aromatic heterocycles. The number of alkyl halides is 1. The van der Waals surface area contributed by atoms with Crippen LogP contribution in [0.3, 0.4) is 0 Å². The maximum absolute atomic E-state index is 13.4. The first-order valence-corrected chi connectivity index (χ1v) is 17.9. The molecule has 1 aliphatic heterocycles. The molecule has 3 rings (SSSR count). The van der Waals surface area contributed by atoms with Crippen LogP contribution >= 0.6 is 0 Å². The number of ether oxygens (including phenoxy) is 1. The molecule has 23 heavy (non-hydrogen) atoms. The molecule has 1 aliphatic rings. The molecule has 2 aromatic rings. The number of aliphatic imine (C=N–C) groups is 1. The molecule has 0 saturated heterocycles. The van der Waals surface area contributed by atoms with E-state index >= 15 is 0 Å². The van der Waals surface area contributed by atoms with Crippen LogP contribution in [0.15, 0.2) is 59.6 Å². The molecule has 0 fully saturated rings. The van der Waals surface area contributed by atoms with Crippen molar-refractivity contribution < 1.29 is 9.13 Å². The Kier molecular flexibility index (Phi) is 4.76. The van der Waals surface area contributed by atoms with E-state index in [2.05, 4.69) is 44.1 Å². The fourth-order valence-electron chi connectivity index (χ4n) is 2.75. The van der Waals surface area contributed by atoms with Crippen LogP contribution in [-0.2, 0) is 4.74 Å². The van der Waals surface area contributed by atoms with Crippen molar-refractivity contribution in [1.29, 1.82) is 0 Å². The summed E-state index contributed by atoms with van der Waals surface area (Å²) in [4.78, 5) is 11.6. The van der Waals surface area contributed by atoms with Crippen LogP contribution in [0.2, 0.25) is 14.8 Å². The third-order valence-electron chi connectivity index (χ3n) is 4.16. The normalized spacial score (nSPS) is 21.0. The van der Waals surface area contributed by atoms with Crippen molar-refractivity contribution in [1.82, 2.24) is 0 Å². The summed E-state index contributed by atoms with van der Waals surface area (Å²) in [5.74, 6) is 0.539. The first-order chi connectivity index (χ1) is 11.0. The van der Waals surface area contributed by atoms with Gasteiger partial charge in [0, 0.05) is 0 Å². The van der Waals surface area contributed by atoms with Crippen LogP contribution in [0.4, 0.5) is 4.39 Å². The molecule has 0 amide bonds. The maximum atomic E-state index is 13.4. The summed E-state index contributed by atoms with van der Waals surface area (Å²) in [5, 5.41) is 0. The van der Waals surface area contributed by atoms with Gasteiger partial charge >= 0.3 is 141 Å². The molecule has 2 atom stereocenters. The summed E-state index contributed by atoms with van der Waals surface area (Å²) >= 11 is -2.06. The second kappa shape index (κ2) is 6.63. The predicted molar refractivity (Wildman–Crippen MR) is 96.0 cm³/mol. The van der Waals surface area contributed by atoms with E-state index in [0.717, 1.165) is 11.1 Å². The summed E-state index contributed by atoms with van der Waals surface area (Å²) in [5.41, 5.74) is 1.90. The van der Waals surface area contributed by atoms with E-state index in [-0.39, 0.29) is 6.10 Å². The van der Waals surface area contributed by atoms with Gasteiger partial charge in [0.2, 0.25) is 0 Å². The third kappa shape index (κ3) is 3.60. The zero-order valence-electron chi connectivity index (χ0n) is 13.8. The van der Waals surface area contributed by atoms with E-state index < -0.39 is 31.1 Å². The van der Waals surface area contributed by atoms with Gasteiger partial charge in [0.15, 0.2) is 0 Å². The van der Waals surface area contributed by atoms with Gasteiger partial charge in [-0.25, -0.2) is 0 Å². The number of hydrogen-bond donors (Lipinski definition) is 0. The molecule has 0 N–H and O–H groups in total. The SMILES string of the molecule is [CH3][Sn]([CH3])([CH3])[c]1ccc(C2OC(c3ccccc3)=NC2CF)cc1. The van der Waals surface area contributed by atoms with E-state index in [1.165, 1.54) is 3.58 Å². The van der Waals surface area contributed by atoms with Crippen LogP contribution in [0.5, 0.6) is 0 Å². The van der Waals surface area contributed by atoms with E-state index in [4.69, 9.17) is 4.74 Å². The summed E-state index contributed by atoms with van der Waals surface area (Å²) in [6.07, 6.45) is -0.334. The van der Waals surface area contributed by atoms with E-state index in [9.17, 15) is 4.39 Å². The fraction of sp³-hybridized carbons (Fsp3) is 0.316. The Labute approximate surface area is 141 Å². The van der Waals surface area contributed by atoms with Gasteiger partial charge < -0.3 is 0 Å². The van der Waals surface area contributed by atoms with Gasteiger partial charge in [-0.05, 0) is 0 Å². The van der Waals surface area contributed by atoms with Crippen molar-refractivity contribution in [3.63, 3.8) is 0 Å². The van der Waals surface area contributed by atoms with E-state index in [1.54, 1.807) is 0 Å². The average molecular weight is 418 g/mol. The molecule has 2 nitrogen and oxygen atoms in total. The van der Waals surface area contributed by atoms with Crippen LogP contribution in [0.1, 0.15) is 17.2 Å². The second-order valence-electron chi connectivity index (χ2n) is 6.93. The first-order valence-electron chi connectivity index (χ1n) is 7.95. The Morgan fingerprint density at radius 2 is 1.65 bits per heavy atom. The van der Waals surface area contributed by atoms with Crippen LogP contribution in [0.25, 0.3) is 0 Å². The minimum atomic E-state index is -2.06. The zero-order chi connectivity index (χ0) is 16.4. The topological polar surface area (TPSA) is 21.6 Å². The van der Waals surface area contributed by atoms with Gasteiger partial charge in [-0.15, -0.1) is 0 Å². The molecular weight excluding hydrogens is 396 g/mol. The van der Waals surface area contributed by atoms with Gasteiger partial charge in [-0.2, -0.15) is 0 Å². The molecular formula is C19H22FNOSn. The second-order valence-corrected chi connectivity index (χ2v) is 21.4. The van der Waals surface area contributed by atoms with Crippen molar-refractivity contribution in [2.45, 2.75) is 27.0 Å². The third-order valence-corrected chi connectivity index (χ3v) is 10.1. The molecule has 0 aliphatic carbocycles. The van der Waals surface area contributed by atoms with Gasteiger partial charge in [-0.3, -0.25) is 0 Å². The fourth-order valence-corrected chi connectivity index (χ4v) is 6.08. The number of hydrogen-bond acceptors (Lipinski definition) is 2. The van der Waals surface area contributed by atoms with Crippen molar-refractivity contribution in [3.05, 3.63) is 65.7 Å². The molecule has 0 spiro atoms. The monoisotopic (exact) mass is 419 g/mol. The molecule has 0 radical (unpaired) electrons. The summed E-state index contributed by atoms with van der Waals surface area (Å²) in [6, 6.07) is 17.8. The molecule has 0 bridgehead atoms. The first kappa shape index (κ1) is 16.5. The number of rotatable bonds is 4. The Hall–Kier alpha value is -1.36. The van der Waals surface area contributed by atoms with Gasteiger partial charge in [-0.1, -0.05) is 0 Å². The van der Waals surface area contributed by atoms with Crippen molar-refractivity contribution in [3.8, 4) is 0 Å². The summed E-state index contributed by atoms with van der Waals surface area (Å²) in [7, 11) is 0. The van der Waals surface area contributed by atoms with Crippen LogP contribution in [0, 0.1) is 0 Å². The summed E-state index contributed by atoms with van der Waals surface area (Å²) < 4.78 is 20.9. The molecule has 2 unspecified atom stereocenters.